The topological polar surface area (TPSA) is 143 Å². The SMILES string of the molecule is COc1cc(CP(=O)(O)O)ccc1Nc1ncc(C(F)(F)F)c(Nc2ccc(C3CCC(N4CCN(C)CC4)CC3)c3c2C(=O)N(C)C3)n1. The number of halogens is 3. The molecule has 1 saturated carbocycles. The first-order chi connectivity index (χ1) is 23.2. The number of alkyl halides is 3. The number of methoxy groups -OCH3 is 1. The summed E-state index contributed by atoms with van der Waals surface area (Å²) >= 11 is 0. The molecule has 0 unspecified atom stereocenters. The second kappa shape index (κ2) is 13.9. The highest BCUT2D eigenvalue weighted by Gasteiger charge is 2.38. The Morgan fingerprint density at radius 3 is 2.35 bits per heavy atom. The van der Waals surface area contributed by atoms with Crippen LogP contribution in [0.5, 0.6) is 5.75 Å². The summed E-state index contributed by atoms with van der Waals surface area (Å²) in [7, 11) is 0.840. The van der Waals surface area contributed by atoms with E-state index in [4.69, 9.17) is 4.74 Å². The van der Waals surface area contributed by atoms with E-state index in [1.165, 1.54) is 25.3 Å². The van der Waals surface area contributed by atoms with E-state index >= 15 is 0 Å². The predicted molar refractivity (Wildman–Crippen MR) is 179 cm³/mol. The minimum Gasteiger partial charge on any atom is -0.495 e. The molecule has 49 heavy (non-hydrogen) atoms. The Morgan fingerprint density at radius 1 is 1.00 bits per heavy atom. The Kier molecular flexibility index (Phi) is 9.93. The first-order valence-corrected chi connectivity index (χ1v) is 18.0. The minimum absolute atomic E-state index is 0.184. The van der Waals surface area contributed by atoms with Gasteiger partial charge in [-0.15, -0.1) is 0 Å². The van der Waals surface area contributed by atoms with E-state index < -0.39 is 31.3 Å². The van der Waals surface area contributed by atoms with Gasteiger partial charge in [0, 0.05) is 52.0 Å². The number of piperazine rings is 1. The number of benzene rings is 2. The molecule has 0 bridgehead atoms. The van der Waals surface area contributed by atoms with E-state index in [0.717, 1.165) is 63.0 Å². The van der Waals surface area contributed by atoms with E-state index in [1.54, 1.807) is 18.0 Å². The van der Waals surface area contributed by atoms with Gasteiger partial charge in [0.25, 0.3) is 5.91 Å². The fourth-order valence-electron chi connectivity index (χ4n) is 7.17. The standard InChI is InChI=1S/C33H41F3N7O5P/c1-41-12-14-43(15-13-41)22-7-5-21(6-8-22)23-9-11-27(29-24(23)18-42(2)31(29)44)38-30-25(33(34,35)36)17-37-32(40-30)39-26-10-4-20(16-28(26)48-3)19-49(45,46)47/h4,9-11,16-17,21-22H,5-8,12-15,18-19H2,1-3H3,(H2,45,46,47)(H2,37,38,39,40). The Bertz CT molecular complexity index is 1760. The normalized spacial score (nSPS) is 20.7. The van der Waals surface area contributed by atoms with Gasteiger partial charge in [-0.3, -0.25) is 14.3 Å². The van der Waals surface area contributed by atoms with Crippen molar-refractivity contribution in [1.82, 2.24) is 24.7 Å². The molecule has 4 N–H and O–H groups in total. The zero-order chi connectivity index (χ0) is 35.1. The molecular weight excluding hydrogens is 662 g/mol. The van der Waals surface area contributed by atoms with E-state index in [1.807, 2.05) is 6.07 Å². The van der Waals surface area contributed by atoms with Gasteiger partial charge in [-0.25, -0.2) is 4.98 Å². The molecule has 2 fully saturated rings. The average molecular weight is 704 g/mol. The highest BCUT2D eigenvalue weighted by molar-refractivity contribution is 7.50. The Labute approximate surface area is 282 Å². The number of likely N-dealkylation sites (N-methyl/N-ethyl adjacent to an activating group) is 1. The number of nitrogens with one attached hydrogen (secondary N) is 2. The summed E-state index contributed by atoms with van der Waals surface area (Å²) in [5.74, 6) is -0.554. The summed E-state index contributed by atoms with van der Waals surface area (Å²) in [6, 6.07) is 8.50. The number of hydrogen-bond acceptors (Lipinski definition) is 9. The van der Waals surface area contributed by atoms with E-state index in [2.05, 4.69) is 37.4 Å². The van der Waals surface area contributed by atoms with Crippen LogP contribution in [0, 0.1) is 0 Å². The van der Waals surface area contributed by atoms with Gasteiger partial charge in [-0.1, -0.05) is 12.1 Å². The summed E-state index contributed by atoms with van der Waals surface area (Å²) in [5.41, 5.74) is 1.96. The third-order valence-corrected chi connectivity index (χ3v) is 10.5. The lowest BCUT2D eigenvalue weighted by atomic mass is 9.78. The number of anilines is 4. The van der Waals surface area contributed by atoms with Crippen molar-refractivity contribution in [3.63, 3.8) is 0 Å². The second-order valence-corrected chi connectivity index (χ2v) is 14.8. The molecule has 3 heterocycles. The second-order valence-electron chi connectivity index (χ2n) is 13.1. The van der Waals surface area contributed by atoms with Crippen molar-refractivity contribution in [1.29, 1.82) is 0 Å². The smallest absolute Gasteiger partial charge is 0.421 e. The predicted octanol–water partition coefficient (Wildman–Crippen LogP) is 5.53. The number of fused-ring (bicyclic) bond motifs is 1. The van der Waals surface area contributed by atoms with Gasteiger partial charge in [0.05, 0.1) is 30.2 Å². The monoisotopic (exact) mass is 703 g/mol. The molecular formula is C33H41F3N7O5P. The third-order valence-electron chi connectivity index (χ3n) is 9.74. The molecule has 0 radical (unpaired) electrons. The molecule has 12 nitrogen and oxygen atoms in total. The highest BCUT2D eigenvalue weighted by Crippen LogP contribution is 2.44. The third kappa shape index (κ3) is 7.86. The Morgan fingerprint density at radius 2 is 1.69 bits per heavy atom. The van der Waals surface area contributed by atoms with Gasteiger partial charge in [0.1, 0.15) is 17.1 Å². The zero-order valence-electron chi connectivity index (χ0n) is 27.6. The van der Waals surface area contributed by atoms with Crippen molar-refractivity contribution in [3.8, 4) is 5.75 Å². The van der Waals surface area contributed by atoms with Crippen molar-refractivity contribution in [3.05, 3.63) is 64.3 Å². The van der Waals surface area contributed by atoms with Crippen LogP contribution in [0.2, 0.25) is 0 Å². The summed E-state index contributed by atoms with van der Waals surface area (Å²) in [5, 5.41) is 5.66. The summed E-state index contributed by atoms with van der Waals surface area (Å²) in [6.07, 6.45) is -0.550. The molecule has 0 spiro atoms. The highest BCUT2D eigenvalue weighted by atomic mass is 31.2. The summed E-state index contributed by atoms with van der Waals surface area (Å²) < 4.78 is 59.4. The maximum atomic E-state index is 14.2. The molecule has 2 aromatic carbocycles. The largest absolute Gasteiger partial charge is 0.495 e. The molecule has 1 saturated heterocycles. The lowest BCUT2D eigenvalue weighted by Crippen LogP contribution is -2.49. The van der Waals surface area contributed by atoms with Crippen LogP contribution in [-0.4, -0.2) is 93.8 Å². The van der Waals surface area contributed by atoms with Gasteiger partial charge < -0.3 is 35.0 Å². The first kappa shape index (κ1) is 35.1. The lowest BCUT2D eigenvalue weighted by Gasteiger charge is -2.41. The lowest BCUT2D eigenvalue weighted by molar-refractivity contribution is -0.137. The van der Waals surface area contributed by atoms with Crippen LogP contribution in [0.25, 0.3) is 0 Å². The average Bonchev–Trinajstić information content (AvgIpc) is 3.35. The Hall–Kier alpha value is -3.75. The van der Waals surface area contributed by atoms with Crippen LogP contribution < -0.4 is 15.4 Å². The van der Waals surface area contributed by atoms with E-state index in [-0.39, 0.29) is 34.9 Å². The number of ether oxygens (including phenoxy) is 1. The van der Waals surface area contributed by atoms with Crippen LogP contribution in [0.15, 0.2) is 36.5 Å². The maximum absolute atomic E-state index is 14.2. The van der Waals surface area contributed by atoms with Crippen LogP contribution in [0.4, 0.5) is 36.3 Å². The summed E-state index contributed by atoms with van der Waals surface area (Å²) in [4.78, 5) is 46.6. The van der Waals surface area contributed by atoms with Crippen molar-refractivity contribution in [2.75, 3.05) is 58.0 Å². The molecule has 16 heteroatoms. The number of aromatic nitrogens is 2. The zero-order valence-corrected chi connectivity index (χ0v) is 28.5. The molecule has 6 rings (SSSR count). The fraction of sp³-hybridized carbons (Fsp3) is 0.485. The number of hydrogen-bond donors (Lipinski definition) is 4. The molecule has 3 aliphatic rings. The number of amides is 1. The van der Waals surface area contributed by atoms with Crippen molar-refractivity contribution in [2.45, 2.75) is 56.5 Å². The number of carbonyl (C=O) groups excluding carboxylic acids is 1. The maximum Gasteiger partial charge on any atom is 0.421 e. The summed E-state index contributed by atoms with van der Waals surface area (Å²) in [6.45, 7) is 4.65. The van der Waals surface area contributed by atoms with Crippen LogP contribution in [0.1, 0.15) is 64.2 Å². The fourth-order valence-corrected chi connectivity index (χ4v) is 7.84. The molecule has 0 atom stereocenters. The number of nitrogens with zero attached hydrogens (tertiary/aromatic N) is 5. The van der Waals surface area contributed by atoms with Gasteiger partial charge in [-0.2, -0.15) is 18.2 Å². The van der Waals surface area contributed by atoms with Gasteiger partial charge in [-0.05, 0) is 73.5 Å². The van der Waals surface area contributed by atoms with Crippen molar-refractivity contribution < 1.29 is 37.1 Å². The van der Waals surface area contributed by atoms with E-state index in [9.17, 15) is 32.3 Å². The first-order valence-electron chi connectivity index (χ1n) is 16.2. The van der Waals surface area contributed by atoms with E-state index in [0.29, 0.717) is 29.9 Å². The number of rotatable bonds is 9. The molecule has 1 aliphatic carbocycles. The van der Waals surface area contributed by atoms with Crippen molar-refractivity contribution in [2.24, 2.45) is 0 Å². The Balaban J connectivity index is 1.26. The number of carbonyl (C=O) groups is 1. The van der Waals surface area contributed by atoms with Gasteiger partial charge >= 0.3 is 13.8 Å². The molecule has 1 aromatic heterocycles. The van der Waals surface area contributed by atoms with Crippen molar-refractivity contribution >= 4 is 36.6 Å². The molecule has 1 amide bonds. The van der Waals surface area contributed by atoms with Gasteiger partial charge in [0.15, 0.2) is 0 Å². The van der Waals surface area contributed by atoms with Crippen LogP contribution in [0.3, 0.4) is 0 Å². The minimum atomic E-state index is -4.80. The van der Waals surface area contributed by atoms with Crippen LogP contribution in [-0.2, 0) is 23.4 Å². The van der Waals surface area contributed by atoms with Crippen LogP contribution >= 0.6 is 7.60 Å². The quantitative estimate of drug-likeness (QED) is 0.209. The molecule has 3 aromatic rings. The molecule has 2 aliphatic heterocycles. The molecule has 264 valence electrons. The van der Waals surface area contributed by atoms with Gasteiger partial charge in [0.2, 0.25) is 5.95 Å².